The van der Waals surface area contributed by atoms with E-state index >= 15 is 0 Å². The maximum atomic E-state index is 5.72. The van der Waals surface area contributed by atoms with Crippen LogP contribution in [0.3, 0.4) is 0 Å². The lowest BCUT2D eigenvalue weighted by Crippen LogP contribution is -2.01. The zero-order valence-corrected chi connectivity index (χ0v) is 9.40. The molecule has 0 aliphatic rings. The molecule has 0 saturated carbocycles. The fourth-order valence-electron chi connectivity index (χ4n) is 1.65. The first kappa shape index (κ1) is 10.6. The van der Waals surface area contributed by atoms with Crippen molar-refractivity contribution in [3.8, 4) is 0 Å². The molecule has 16 heavy (non-hydrogen) atoms. The Balaban J connectivity index is 2.05. The number of rotatable bonds is 3. The van der Waals surface area contributed by atoms with Crippen LogP contribution in [-0.4, -0.2) is 0 Å². The summed E-state index contributed by atoms with van der Waals surface area (Å²) in [6.07, 6.45) is 0. The van der Waals surface area contributed by atoms with Crippen LogP contribution in [0, 0.1) is 6.92 Å². The zero-order chi connectivity index (χ0) is 11.4. The van der Waals surface area contributed by atoms with Crippen LogP contribution in [0.15, 0.2) is 48.5 Å². The molecule has 82 valence electrons. The second kappa shape index (κ2) is 4.71. The highest BCUT2D eigenvalue weighted by Gasteiger charge is 1.97. The van der Waals surface area contributed by atoms with Gasteiger partial charge >= 0.3 is 0 Å². The number of benzene rings is 2. The van der Waals surface area contributed by atoms with Gasteiger partial charge in [-0.2, -0.15) is 0 Å². The molecule has 0 spiro atoms. The third kappa shape index (κ3) is 2.54. The number of aryl methyl sites for hydroxylation is 1. The van der Waals surface area contributed by atoms with Crippen LogP contribution in [-0.2, 0) is 6.54 Å². The van der Waals surface area contributed by atoms with Gasteiger partial charge in [-0.05, 0) is 36.2 Å². The van der Waals surface area contributed by atoms with Crippen LogP contribution in [0.4, 0.5) is 11.4 Å². The van der Waals surface area contributed by atoms with Crippen molar-refractivity contribution in [2.24, 2.45) is 0 Å². The van der Waals surface area contributed by atoms with Gasteiger partial charge in [-0.1, -0.05) is 30.3 Å². The van der Waals surface area contributed by atoms with Crippen molar-refractivity contribution in [1.29, 1.82) is 0 Å². The Labute approximate surface area is 96.1 Å². The molecule has 2 rings (SSSR count). The molecule has 0 aliphatic carbocycles. The number of anilines is 2. The average Bonchev–Trinajstić information content (AvgIpc) is 2.28. The van der Waals surface area contributed by atoms with Gasteiger partial charge in [0.15, 0.2) is 0 Å². The van der Waals surface area contributed by atoms with Gasteiger partial charge in [-0.3, -0.25) is 0 Å². The van der Waals surface area contributed by atoms with E-state index in [1.54, 1.807) is 0 Å². The van der Waals surface area contributed by atoms with E-state index in [0.29, 0.717) is 0 Å². The molecule has 0 saturated heterocycles. The summed E-state index contributed by atoms with van der Waals surface area (Å²) in [5.74, 6) is 0. The van der Waals surface area contributed by atoms with Crippen LogP contribution in [0.25, 0.3) is 0 Å². The minimum atomic E-state index is 0.787. The molecular weight excluding hydrogens is 196 g/mol. The van der Waals surface area contributed by atoms with Crippen molar-refractivity contribution in [2.75, 3.05) is 11.1 Å². The number of nitrogen functional groups attached to an aromatic ring is 1. The molecule has 0 heterocycles. The van der Waals surface area contributed by atoms with E-state index in [0.717, 1.165) is 17.9 Å². The lowest BCUT2D eigenvalue weighted by atomic mass is 10.1. The first-order valence-corrected chi connectivity index (χ1v) is 5.39. The molecule has 2 aromatic carbocycles. The predicted octanol–water partition coefficient (Wildman–Crippen LogP) is 3.19. The molecule has 0 radical (unpaired) electrons. The van der Waals surface area contributed by atoms with Crippen molar-refractivity contribution in [3.63, 3.8) is 0 Å². The Morgan fingerprint density at radius 3 is 2.62 bits per heavy atom. The molecule has 3 N–H and O–H groups in total. The first-order chi connectivity index (χ1) is 7.75. The Kier molecular flexibility index (Phi) is 3.10. The second-order valence-corrected chi connectivity index (χ2v) is 3.91. The molecule has 2 aromatic rings. The molecule has 2 heteroatoms. The van der Waals surface area contributed by atoms with Crippen LogP contribution < -0.4 is 11.1 Å². The molecule has 2 nitrogen and oxygen atoms in total. The third-order valence-corrected chi connectivity index (χ3v) is 2.63. The van der Waals surface area contributed by atoms with E-state index in [2.05, 4.69) is 36.5 Å². The standard InChI is InChI=1S/C14H16N2/c1-11-5-2-3-6-12(11)10-16-14-8-4-7-13(15)9-14/h2-9,16H,10,15H2,1H3. The number of hydrogen-bond donors (Lipinski definition) is 2. The van der Waals surface area contributed by atoms with Gasteiger partial charge < -0.3 is 11.1 Å². The maximum absolute atomic E-state index is 5.72. The average molecular weight is 212 g/mol. The fourth-order valence-corrected chi connectivity index (χ4v) is 1.65. The largest absolute Gasteiger partial charge is 0.399 e. The topological polar surface area (TPSA) is 38.0 Å². The van der Waals surface area contributed by atoms with Crippen molar-refractivity contribution < 1.29 is 0 Å². The quantitative estimate of drug-likeness (QED) is 0.767. The highest BCUT2D eigenvalue weighted by Crippen LogP contribution is 2.14. The van der Waals surface area contributed by atoms with Crippen LogP contribution >= 0.6 is 0 Å². The van der Waals surface area contributed by atoms with E-state index in [9.17, 15) is 0 Å². The summed E-state index contributed by atoms with van der Waals surface area (Å²) in [5, 5.41) is 3.36. The monoisotopic (exact) mass is 212 g/mol. The second-order valence-electron chi connectivity index (χ2n) is 3.91. The lowest BCUT2D eigenvalue weighted by molar-refractivity contribution is 1.12. The lowest BCUT2D eigenvalue weighted by Gasteiger charge is -2.09. The van der Waals surface area contributed by atoms with E-state index < -0.39 is 0 Å². The molecular formula is C14H16N2. The van der Waals surface area contributed by atoms with E-state index in [4.69, 9.17) is 5.73 Å². The summed E-state index contributed by atoms with van der Waals surface area (Å²) in [7, 11) is 0. The Hall–Kier alpha value is -1.96. The Bertz CT molecular complexity index is 478. The SMILES string of the molecule is Cc1ccccc1CNc1cccc(N)c1. The van der Waals surface area contributed by atoms with Crippen LogP contribution in [0.1, 0.15) is 11.1 Å². The van der Waals surface area contributed by atoms with Gasteiger partial charge in [0, 0.05) is 17.9 Å². The number of nitrogens with one attached hydrogen (secondary N) is 1. The minimum absolute atomic E-state index is 0.787. The third-order valence-electron chi connectivity index (χ3n) is 2.63. The van der Waals surface area contributed by atoms with Gasteiger partial charge in [-0.25, -0.2) is 0 Å². The highest BCUT2D eigenvalue weighted by atomic mass is 14.9. The maximum Gasteiger partial charge on any atom is 0.0403 e. The zero-order valence-electron chi connectivity index (χ0n) is 9.40. The smallest absolute Gasteiger partial charge is 0.0403 e. The first-order valence-electron chi connectivity index (χ1n) is 5.39. The number of hydrogen-bond acceptors (Lipinski definition) is 2. The molecule has 0 amide bonds. The highest BCUT2D eigenvalue weighted by molar-refractivity contribution is 5.54. The molecule has 0 atom stereocenters. The van der Waals surface area contributed by atoms with Gasteiger partial charge in [-0.15, -0.1) is 0 Å². The molecule has 0 fully saturated rings. The van der Waals surface area contributed by atoms with E-state index in [1.807, 2.05) is 24.3 Å². The fraction of sp³-hybridized carbons (Fsp3) is 0.143. The van der Waals surface area contributed by atoms with Gasteiger partial charge in [0.05, 0.1) is 0 Å². The molecule has 0 aliphatic heterocycles. The summed E-state index contributed by atoms with van der Waals surface area (Å²) in [4.78, 5) is 0. The summed E-state index contributed by atoms with van der Waals surface area (Å²) >= 11 is 0. The molecule has 0 bridgehead atoms. The van der Waals surface area contributed by atoms with Gasteiger partial charge in [0.1, 0.15) is 0 Å². The van der Waals surface area contributed by atoms with Crippen molar-refractivity contribution in [2.45, 2.75) is 13.5 Å². The minimum Gasteiger partial charge on any atom is -0.399 e. The van der Waals surface area contributed by atoms with E-state index in [-0.39, 0.29) is 0 Å². The Morgan fingerprint density at radius 1 is 1.06 bits per heavy atom. The summed E-state index contributed by atoms with van der Waals surface area (Å²) in [6, 6.07) is 16.2. The predicted molar refractivity (Wildman–Crippen MR) is 69.4 cm³/mol. The normalized spacial score (nSPS) is 10.1. The summed E-state index contributed by atoms with van der Waals surface area (Å²) < 4.78 is 0. The van der Waals surface area contributed by atoms with Crippen molar-refractivity contribution in [1.82, 2.24) is 0 Å². The van der Waals surface area contributed by atoms with Gasteiger partial charge in [0.2, 0.25) is 0 Å². The van der Waals surface area contributed by atoms with E-state index in [1.165, 1.54) is 11.1 Å². The molecule has 0 unspecified atom stereocenters. The van der Waals surface area contributed by atoms with Crippen LogP contribution in [0.2, 0.25) is 0 Å². The number of nitrogens with two attached hydrogens (primary N) is 1. The summed E-state index contributed by atoms with van der Waals surface area (Å²) in [5.41, 5.74) is 10.2. The Morgan fingerprint density at radius 2 is 1.88 bits per heavy atom. The summed E-state index contributed by atoms with van der Waals surface area (Å²) in [6.45, 7) is 2.95. The van der Waals surface area contributed by atoms with Crippen LogP contribution in [0.5, 0.6) is 0 Å². The van der Waals surface area contributed by atoms with Gasteiger partial charge in [0.25, 0.3) is 0 Å². The molecule has 0 aromatic heterocycles. The van der Waals surface area contributed by atoms with Crippen molar-refractivity contribution in [3.05, 3.63) is 59.7 Å². The van der Waals surface area contributed by atoms with Crippen molar-refractivity contribution >= 4 is 11.4 Å².